The molecule has 0 saturated carbocycles. The van der Waals surface area contributed by atoms with Crippen molar-refractivity contribution in [2.24, 2.45) is 0 Å². The van der Waals surface area contributed by atoms with E-state index in [2.05, 4.69) is 31.0 Å². The number of nitrogens with zero attached hydrogens (tertiary/aromatic N) is 1. The van der Waals surface area contributed by atoms with Crippen LogP contribution in [0.4, 0.5) is 0 Å². The molecule has 0 bridgehead atoms. The van der Waals surface area contributed by atoms with Crippen LogP contribution < -0.4 is 0 Å². The highest BCUT2D eigenvalue weighted by Gasteiger charge is 2.13. The topological polar surface area (TPSA) is 28.7 Å². The lowest BCUT2D eigenvalue weighted by Gasteiger charge is -2.13. The summed E-state index contributed by atoms with van der Waals surface area (Å²) >= 11 is 8.17. The van der Waals surface area contributed by atoms with E-state index in [0.29, 0.717) is 0 Å². The Morgan fingerprint density at radius 2 is 2.18 bits per heavy atom. The van der Waals surface area contributed by atoms with Gasteiger partial charge in [0.2, 0.25) is 0 Å². The second-order valence-electron chi connectivity index (χ2n) is 3.09. The fourth-order valence-electron chi connectivity index (χ4n) is 0.522. The van der Waals surface area contributed by atoms with Crippen molar-refractivity contribution in [3.63, 3.8) is 0 Å². The molecule has 0 unspecified atom stereocenters. The molecule has 1 aromatic rings. The van der Waals surface area contributed by atoms with Gasteiger partial charge < -0.3 is 0 Å². The molecule has 1 heterocycles. The molecule has 1 rings (SSSR count). The molecule has 1 aromatic heterocycles. The van der Waals surface area contributed by atoms with Crippen LogP contribution in [-0.2, 0) is 0 Å². The van der Waals surface area contributed by atoms with Crippen LogP contribution in [0.2, 0.25) is 0 Å². The third kappa shape index (κ3) is 3.35. The van der Waals surface area contributed by atoms with Crippen molar-refractivity contribution in [1.29, 1.82) is 0 Å². The Kier molecular flexibility index (Phi) is 2.72. The molecule has 0 fully saturated rings. The molecule has 1 N–H and O–H groups in total. The molecule has 62 valence electrons. The maximum Gasteiger partial charge on any atom is 0.177 e. The largest absolute Gasteiger partial charge is 0.257 e. The Bertz CT molecular complexity index is 281. The van der Waals surface area contributed by atoms with Gasteiger partial charge in [-0.15, -0.1) is 0 Å². The van der Waals surface area contributed by atoms with Crippen LogP contribution in [0, 0.1) is 3.95 Å². The summed E-state index contributed by atoms with van der Waals surface area (Å²) in [5.41, 5.74) is 0. The van der Waals surface area contributed by atoms with E-state index in [0.717, 1.165) is 8.29 Å². The van der Waals surface area contributed by atoms with Crippen LogP contribution in [0.5, 0.6) is 0 Å². The number of hydrogen-bond donors (Lipinski definition) is 1. The van der Waals surface area contributed by atoms with Gasteiger partial charge in [0.1, 0.15) is 0 Å². The number of rotatable bonds is 1. The summed E-state index contributed by atoms with van der Waals surface area (Å²) in [6.45, 7) is 6.46. The Morgan fingerprint density at radius 1 is 1.55 bits per heavy atom. The minimum atomic E-state index is 0.216. The molecule has 0 aromatic carbocycles. The van der Waals surface area contributed by atoms with Crippen molar-refractivity contribution < 1.29 is 0 Å². The Morgan fingerprint density at radius 3 is 2.55 bits per heavy atom. The highest BCUT2D eigenvalue weighted by atomic mass is 32.2. The predicted octanol–water partition coefficient (Wildman–Crippen LogP) is 3.09. The van der Waals surface area contributed by atoms with E-state index in [4.69, 9.17) is 12.2 Å². The molecule has 0 atom stereocenters. The molecule has 0 radical (unpaired) electrons. The SMILES string of the molecule is CC(C)(C)Sc1n[nH]c(=S)s1. The molecule has 2 nitrogen and oxygen atoms in total. The van der Waals surface area contributed by atoms with Gasteiger partial charge in [-0.05, 0) is 12.2 Å². The lowest BCUT2D eigenvalue weighted by molar-refractivity contribution is 0.799. The number of aromatic amines is 1. The molecule has 11 heavy (non-hydrogen) atoms. The zero-order chi connectivity index (χ0) is 8.48. The fraction of sp³-hybridized carbons (Fsp3) is 0.667. The molecule has 0 amide bonds. The highest BCUT2D eigenvalue weighted by molar-refractivity contribution is 8.02. The number of hydrogen-bond acceptors (Lipinski definition) is 4. The zero-order valence-electron chi connectivity index (χ0n) is 6.67. The second-order valence-corrected chi connectivity index (χ2v) is 6.83. The van der Waals surface area contributed by atoms with E-state index in [9.17, 15) is 0 Å². The molecule has 5 heteroatoms. The standard InChI is InChI=1S/C6H10N2S3/c1-6(2,3)11-5-8-7-4(9)10-5/h1-3H3,(H,7,9). The number of aromatic nitrogens is 2. The van der Waals surface area contributed by atoms with Gasteiger partial charge in [0.05, 0.1) is 0 Å². The van der Waals surface area contributed by atoms with Crippen molar-refractivity contribution in [3.05, 3.63) is 3.95 Å². The third-order valence-corrected chi connectivity index (χ3v) is 3.07. The average molecular weight is 206 g/mol. The summed E-state index contributed by atoms with van der Waals surface area (Å²) in [5, 5.41) is 6.81. The fourth-order valence-corrected chi connectivity index (χ4v) is 3.09. The highest BCUT2D eigenvalue weighted by Crippen LogP contribution is 2.32. The van der Waals surface area contributed by atoms with Gasteiger partial charge in [0.15, 0.2) is 8.29 Å². The summed E-state index contributed by atoms with van der Waals surface area (Å²) < 4.78 is 1.98. The zero-order valence-corrected chi connectivity index (χ0v) is 9.12. The Hall–Kier alpha value is 0.130. The molecule has 0 saturated heterocycles. The molecule has 0 aliphatic heterocycles. The smallest absolute Gasteiger partial charge is 0.177 e. The predicted molar refractivity (Wildman–Crippen MR) is 52.9 cm³/mol. The van der Waals surface area contributed by atoms with Gasteiger partial charge in [0, 0.05) is 4.75 Å². The summed E-state index contributed by atoms with van der Waals surface area (Å²) in [7, 11) is 0. The number of thioether (sulfide) groups is 1. The van der Waals surface area contributed by atoms with Crippen LogP contribution in [-0.4, -0.2) is 14.9 Å². The number of H-pyrrole nitrogens is 1. The van der Waals surface area contributed by atoms with Crippen molar-refractivity contribution >= 4 is 35.3 Å². The second kappa shape index (κ2) is 3.25. The first-order chi connectivity index (χ1) is 4.97. The lowest BCUT2D eigenvalue weighted by atomic mass is 10.3. The first kappa shape index (κ1) is 9.22. The van der Waals surface area contributed by atoms with E-state index < -0.39 is 0 Å². The van der Waals surface area contributed by atoms with Crippen molar-refractivity contribution in [3.8, 4) is 0 Å². The minimum absolute atomic E-state index is 0.216. The Balaban J connectivity index is 2.73. The van der Waals surface area contributed by atoms with Crippen molar-refractivity contribution in [1.82, 2.24) is 10.2 Å². The van der Waals surface area contributed by atoms with Gasteiger partial charge in [-0.3, -0.25) is 5.10 Å². The van der Waals surface area contributed by atoms with Crippen molar-refractivity contribution in [2.75, 3.05) is 0 Å². The van der Waals surface area contributed by atoms with Crippen LogP contribution >= 0.6 is 35.3 Å². The van der Waals surface area contributed by atoms with Crippen LogP contribution in [0.25, 0.3) is 0 Å². The van der Waals surface area contributed by atoms with Gasteiger partial charge in [-0.1, -0.05) is 43.9 Å². The van der Waals surface area contributed by atoms with E-state index in [-0.39, 0.29) is 4.75 Å². The van der Waals surface area contributed by atoms with Crippen LogP contribution in [0.1, 0.15) is 20.8 Å². The van der Waals surface area contributed by atoms with Crippen LogP contribution in [0.15, 0.2) is 4.34 Å². The van der Waals surface area contributed by atoms with Gasteiger partial charge in [0.25, 0.3) is 0 Å². The summed E-state index contributed by atoms with van der Waals surface area (Å²) in [5.74, 6) is 0. The average Bonchev–Trinajstić information content (AvgIpc) is 2.10. The maximum atomic E-state index is 4.91. The third-order valence-electron chi connectivity index (χ3n) is 0.812. The van der Waals surface area contributed by atoms with Crippen LogP contribution in [0.3, 0.4) is 0 Å². The quantitative estimate of drug-likeness (QED) is 0.565. The normalized spacial score (nSPS) is 11.9. The minimum Gasteiger partial charge on any atom is -0.257 e. The summed E-state index contributed by atoms with van der Waals surface area (Å²) in [6, 6.07) is 0. The number of nitrogens with one attached hydrogen (secondary N) is 1. The van der Waals surface area contributed by atoms with E-state index in [1.54, 1.807) is 11.8 Å². The van der Waals surface area contributed by atoms with Gasteiger partial charge in [-0.25, -0.2) is 0 Å². The molecular weight excluding hydrogens is 196 g/mol. The van der Waals surface area contributed by atoms with Crippen molar-refractivity contribution in [2.45, 2.75) is 29.9 Å². The molecular formula is C6H10N2S3. The summed E-state index contributed by atoms with van der Waals surface area (Å²) in [4.78, 5) is 0. The van der Waals surface area contributed by atoms with E-state index in [1.807, 2.05) is 0 Å². The maximum absolute atomic E-state index is 4.91. The summed E-state index contributed by atoms with van der Waals surface area (Å²) in [6.07, 6.45) is 0. The van der Waals surface area contributed by atoms with Gasteiger partial charge in [-0.2, -0.15) is 5.10 Å². The lowest BCUT2D eigenvalue weighted by Crippen LogP contribution is -2.06. The first-order valence-corrected chi connectivity index (χ1v) is 5.26. The van der Waals surface area contributed by atoms with Gasteiger partial charge >= 0.3 is 0 Å². The first-order valence-electron chi connectivity index (χ1n) is 3.22. The molecule has 0 aliphatic rings. The monoisotopic (exact) mass is 206 g/mol. The van der Waals surface area contributed by atoms with E-state index in [1.165, 1.54) is 11.3 Å². The van der Waals surface area contributed by atoms with E-state index >= 15 is 0 Å². The molecule has 0 spiro atoms. The molecule has 0 aliphatic carbocycles. The Labute approximate surface area is 79.4 Å².